The predicted molar refractivity (Wildman–Crippen MR) is 255 cm³/mol. The second kappa shape index (κ2) is 46.4. The molecule has 0 heterocycles. The predicted octanol–water partition coefficient (Wildman–Crippen LogP) is 14.6. The molecule has 3 N–H and O–H groups in total. The monoisotopic (exact) mass is 824 g/mol. The van der Waals surface area contributed by atoms with Crippen LogP contribution in [0.2, 0.25) is 0 Å². The molecular weight excluding hydrogens is 731 g/mol. The summed E-state index contributed by atoms with van der Waals surface area (Å²) in [5.74, 6) is -0.660. The smallest absolute Gasteiger partial charge is 0.306 e. The molecule has 0 aromatic heterocycles. The molecule has 6 heteroatoms. The second-order valence-corrected chi connectivity index (χ2v) is 16.5. The third-order valence-electron chi connectivity index (χ3n) is 10.8. The molecule has 0 saturated heterocycles. The highest BCUT2D eigenvalue weighted by Gasteiger charge is 2.23. The van der Waals surface area contributed by atoms with Gasteiger partial charge in [-0.05, 0) is 64.2 Å². The number of amides is 1. The van der Waals surface area contributed by atoms with Gasteiger partial charge in [0.25, 0.3) is 0 Å². The molecule has 0 spiro atoms. The molecule has 3 unspecified atom stereocenters. The van der Waals surface area contributed by atoms with E-state index in [-0.39, 0.29) is 31.3 Å². The molecule has 1 amide bonds. The van der Waals surface area contributed by atoms with E-state index < -0.39 is 18.2 Å². The van der Waals surface area contributed by atoms with E-state index in [1.54, 1.807) is 0 Å². The molecule has 0 bridgehead atoms. The molecule has 0 aromatic carbocycles. The number of hydrogen-bond acceptors (Lipinski definition) is 5. The average molecular weight is 824 g/mol. The molecule has 6 nitrogen and oxygen atoms in total. The number of aliphatic hydroxyl groups is 2. The number of allylic oxidation sites excluding steroid dienone is 11. The van der Waals surface area contributed by atoms with Crippen molar-refractivity contribution < 1.29 is 24.5 Å². The molecule has 0 aromatic rings. The quantitative estimate of drug-likeness (QED) is 0.0323. The van der Waals surface area contributed by atoms with Gasteiger partial charge in [0, 0.05) is 12.8 Å². The third kappa shape index (κ3) is 41.8. The number of hydrogen-bond donors (Lipinski definition) is 3. The number of ether oxygens (including phenoxy) is 1. The zero-order valence-corrected chi connectivity index (χ0v) is 38.6. The van der Waals surface area contributed by atoms with Crippen molar-refractivity contribution in [3.8, 4) is 0 Å². The van der Waals surface area contributed by atoms with Gasteiger partial charge in [0.2, 0.25) is 5.91 Å². The largest absolute Gasteiger partial charge is 0.461 e. The van der Waals surface area contributed by atoms with E-state index in [0.717, 1.165) is 51.4 Å². The van der Waals surface area contributed by atoms with Crippen LogP contribution in [0.1, 0.15) is 226 Å². The first-order valence-electron chi connectivity index (χ1n) is 24.7. The van der Waals surface area contributed by atoms with Crippen molar-refractivity contribution in [2.75, 3.05) is 6.61 Å². The summed E-state index contributed by atoms with van der Waals surface area (Å²) in [6.07, 6.45) is 58.4. The van der Waals surface area contributed by atoms with Gasteiger partial charge in [-0.25, -0.2) is 0 Å². The summed E-state index contributed by atoms with van der Waals surface area (Å²) >= 11 is 0. The van der Waals surface area contributed by atoms with Crippen LogP contribution in [-0.4, -0.2) is 46.9 Å². The number of rotatable bonds is 43. The Kier molecular flexibility index (Phi) is 44.2. The van der Waals surface area contributed by atoms with Crippen molar-refractivity contribution in [2.24, 2.45) is 0 Å². The summed E-state index contributed by atoms with van der Waals surface area (Å²) in [6.45, 7) is 6.39. The van der Waals surface area contributed by atoms with Crippen LogP contribution in [0.3, 0.4) is 0 Å². The fraction of sp³-hybridized carbons (Fsp3) is 0.736. The minimum absolute atomic E-state index is 0.0230. The van der Waals surface area contributed by atoms with Crippen LogP contribution in [0.5, 0.6) is 0 Å². The zero-order valence-electron chi connectivity index (χ0n) is 38.6. The number of unbranched alkanes of at least 4 members (excludes halogenated alkanes) is 20. The van der Waals surface area contributed by atoms with Crippen LogP contribution >= 0.6 is 0 Å². The van der Waals surface area contributed by atoms with Gasteiger partial charge in [-0.1, -0.05) is 216 Å². The molecular formula is C53H93NO5. The summed E-state index contributed by atoms with van der Waals surface area (Å²) in [4.78, 5) is 26.0. The fourth-order valence-electron chi connectivity index (χ4n) is 6.99. The summed E-state index contributed by atoms with van der Waals surface area (Å²) in [7, 11) is 0. The van der Waals surface area contributed by atoms with E-state index >= 15 is 0 Å². The Hall–Kier alpha value is -2.70. The van der Waals surface area contributed by atoms with Gasteiger partial charge in [-0.15, -0.1) is 0 Å². The maximum absolute atomic E-state index is 13.1. The first-order chi connectivity index (χ1) is 29.0. The van der Waals surface area contributed by atoms with Crippen LogP contribution in [0.15, 0.2) is 72.9 Å². The molecule has 0 aliphatic carbocycles. The van der Waals surface area contributed by atoms with Crippen LogP contribution in [-0.2, 0) is 14.3 Å². The lowest BCUT2D eigenvalue weighted by Crippen LogP contribution is -2.46. The van der Waals surface area contributed by atoms with Crippen molar-refractivity contribution in [1.82, 2.24) is 5.32 Å². The first kappa shape index (κ1) is 56.3. The van der Waals surface area contributed by atoms with Crippen LogP contribution in [0.25, 0.3) is 0 Å². The minimum atomic E-state index is -0.821. The number of esters is 1. The van der Waals surface area contributed by atoms with Crippen molar-refractivity contribution in [2.45, 2.75) is 244 Å². The van der Waals surface area contributed by atoms with Gasteiger partial charge in [-0.2, -0.15) is 0 Å². The standard InChI is InChI=1S/C53H93NO5/c1-4-7-10-13-16-19-22-25-26-28-29-32-35-38-41-44-49(59-53(58)46-43-40-37-34-31-27-23-20-17-14-11-8-5-2)47-52(57)54-50(48-55)51(56)45-42-39-36-33-30-24-21-18-15-12-9-6-3/h16,19,25-27,29,31-32,37-38,40-41,49-51,55-56H,4-15,17-18,20-24,28,30,33-36,39,42-48H2,1-3H3,(H,54,57)/b19-16-,26-25-,31-27-,32-29-,40-37+,41-38-. The van der Waals surface area contributed by atoms with E-state index in [1.807, 2.05) is 18.2 Å². The van der Waals surface area contributed by atoms with Gasteiger partial charge in [-0.3, -0.25) is 9.59 Å². The summed E-state index contributed by atoms with van der Waals surface area (Å²) < 4.78 is 5.82. The van der Waals surface area contributed by atoms with E-state index in [0.29, 0.717) is 19.3 Å². The minimum Gasteiger partial charge on any atom is -0.461 e. The maximum atomic E-state index is 13.1. The molecule has 59 heavy (non-hydrogen) atoms. The van der Waals surface area contributed by atoms with Gasteiger partial charge < -0.3 is 20.3 Å². The Labute approximate surface area is 364 Å². The van der Waals surface area contributed by atoms with E-state index in [9.17, 15) is 19.8 Å². The summed E-state index contributed by atoms with van der Waals surface area (Å²) in [6, 6.07) is -0.743. The first-order valence-corrected chi connectivity index (χ1v) is 24.7. The molecule has 0 radical (unpaired) electrons. The maximum Gasteiger partial charge on any atom is 0.306 e. The van der Waals surface area contributed by atoms with E-state index in [1.165, 1.54) is 122 Å². The molecule has 0 fully saturated rings. The SMILES string of the molecule is CCCCC/C=C\C/C=C\C/C=C\C/C=C\CC(CC(=O)NC(CO)C(O)CCCCCCCCCCCCCC)OC(=O)CC/C=C/C/C=C\CCCCCCCC. The Balaban J connectivity index is 4.82. The van der Waals surface area contributed by atoms with Crippen molar-refractivity contribution >= 4 is 11.9 Å². The van der Waals surface area contributed by atoms with Crippen molar-refractivity contribution in [3.05, 3.63) is 72.9 Å². The third-order valence-corrected chi connectivity index (χ3v) is 10.8. The Morgan fingerprint density at radius 1 is 0.508 bits per heavy atom. The van der Waals surface area contributed by atoms with Crippen molar-refractivity contribution in [1.29, 1.82) is 0 Å². The van der Waals surface area contributed by atoms with Gasteiger partial charge in [0.05, 0.1) is 25.2 Å². The highest BCUT2D eigenvalue weighted by molar-refractivity contribution is 5.77. The highest BCUT2D eigenvalue weighted by atomic mass is 16.5. The average Bonchev–Trinajstić information content (AvgIpc) is 3.23. The normalized spacial score (nSPS) is 13.9. The highest BCUT2D eigenvalue weighted by Crippen LogP contribution is 2.15. The molecule has 3 atom stereocenters. The lowest BCUT2D eigenvalue weighted by molar-refractivity contribution is -0.150. The Bertz CT molecular complexity index is 1110. The molecule has 0 aliphatic rings. The lowest BCUT2D eigenvalue weighted by Gasteiger charge is -2.24. The van der Waals surface area contributed by atoms with Gasteiger partial charge in [0.1, 0.15) is 6.10 Å². The molecule has 340 valence electrons. The van der Waals surface area contributed by atoms with E-state index in [4.69, 9.17) is 4.74 Å². The summed E-state index contributed by atoms with van der Waals surface area (Å²) in [5.41, 5.74) is 0. The van der Waals surface area contributed by atoms with Crippen LogP contribution in [0, 0.1) is 0 Å². The zero-order chi connectivity index (χ0) is 43.1. The lowest BCUT2D eigenvalue weighted by atomic mass is 10.0. The summed E-state index contributed by atoms with van der Waals surface area (Å²) in [5, 5.41) is 23.6. The van der Waals surface area contributed by atoms with Crippen LogP contribution < -0.4 is 5.32 Å². The van der Waals surface area contributed by atoms with Crippen molar-refractivity contribution in [3.63, 3.8) is 0 Å². The van der Waals surface area contributed by atoms with Gasteiger partial charge >= 0.3 is 5.97 Å². The number of aliphatic hydroxyl groups excluding tert-OH is 2. The fourth-order valence-corrected chi connectivity index (χ4v) is 6.99. The van der Waals surface area contributed by atoms with Gasteiger partial charge in [0.15, 0.2) is 0 Å². The molecule has 0 saturated carbocycles. The second-order valence-electron chi connectivity index (χ2n) is 16.5. The number of nitrogens with one attached hydrogen (secondary N) is 1. The van der Waals surface area contributed by atoms with Crippen LogP contribution in [0.4, 0.5) is 0 Å². The molecule has 0 aliphatic heterocycles. The number of carbonyl (C=O) groups is 2. The number of carbonyl (C=O) groups excluding carboxylic acids is 2. The van der Waals surface area contributed by atoms with E-state index in [2.05, 4.69) is 80.8 Å². The Morgan fingerprint density at radius 2 is 0.898 bits per heavy atom. The molecule has 0 rings (SSSR count). The topological polar surface area (TPSA) is 95.9 Å². The Morgan fingerprint density at radius 3 is 1.39 bits per heavy atom.